The molecule has 2 rings (SSSR count). The Hall–Kier alpha value is -0.320. The Morgan fingerprint density at radius 2 is 2.57 bits per heavy atom. The number of hydrogen-bond donors (Lipinski definition) is 1. The van der Waals surface area contributed by atoms with E-state index in [-0.39, 0.29) is 0 Å². The molecule has 1 unspecified atom stereocenters. The minimum atomic E-state index is 0.670. The molecule has 14 heavy (non-hydrogen) atoms. The molecule has 1 fully saturated rings. The Balaban J connectivity index is 1.90. The van der Waals surface area contributed by atoms with Crippen molar-refractivity contribution in [1.29, 1.82) is 0 Å². The molecule has 3 nitrogen and oxygen atoms in total. The highest BCUT2D eigenvalue weighted by molar-refractivity contribution is 9.10. The fourth-order valence-electron chi connectivity index (χ4n) is 1.86. The monoisotopic (exact) mass is 258 g/mol. The predicted molar refractivity (Wildman–Crippen MR) is 59.1 cm³/mol. The number of rotatable bonds is 3. The maximum absolute atomic E-state index is 5.20. The smallest absolute Gasteiger partial charge is 0.169 e. The first-order chi connectivity index (χ1) is 6.75. The zero-order chi connectivity index (χ0) is 9.97. The molecule has 2 heterocycles. The summed E-state index contributed by atoms with van der Waals surface area (Å²) >= 11 is 3.31. The summed E-state index contributed by atoms with van der Waals surface area (Å²) in [6, 6.07) is 2.70. The topological polar surface area (TPSA) is 28.4 Å². The Bertz CT molecular complexity index is 294. The molecular weight excluding hydrogens is 244 g/mol. The van der Waals surface area contributed by atoms with E-state index in [2.05, 4.69) is 33.2 Å². The molecule has 1 aliphatic rings. The van der Waals surface area contributed by atoms with Gasteiger partial charge in [0.15, 0.2) is 4.67 Å². The lowest BCUT2D eigenvalue weighted by Crippen LogP contribution is -2.32. The normalized spacial score (nSPS) is 22.1. The first-order valence-electron chi connectivity index (χ1n) is 4.89. The van der Waals surface area contributed by atoms with Gasteiger partial charge in [-0.25, -0.2) is 0 Å². The first-order valence-corrected chi connectivity index (χ1v) is 5.69. The van der Waals surface area contributed by atoms with Crippen molar-refractivity contribution in [3.8, 4) is 0 Å². The summed E-state index contributed by atoms with van der Waals surface area (Å²) in [6.07, 6.45) is 3.05. The van der Waals surface area contributed by atoms with Crippen LogP contribution in [0.2, 0.25) is 0 Å². The van der Waals surface area contributed by atoms with Gasteiger partial charge in [0.25, 0.3) is 0 Å². The van der Waals surface area contributed by atoms with Crippen LogP contribution in [0.4, 0.5) is 0 Å². The second-order valence-electron chi connectivity index (χ2n) is 3.82. The zero-order valence-electron chi connectivity index (χ0n) is 8.29. The molecule has 0 aliphatic carbocycles. The van der Waals surface area contributed by atoms with Crippen LogP contribution in [0.1, 0.15) is 12.0 Å². The van der Waals surface area contributed by atoms with E-state index in [9.17, 15) is 0 Å². The van der Waals surface area contributed by atoms with Crippen molar-refractivity contribution in [2.45, 2.75) is 19.0 Å². The van der Waals surface area contributed by atoms with Crippen molar-refractivity contribution in [2.75, 3.05) is 20.1 Å². The van der Waals surface area contributed by atoms with Gasteiger partial charge in [-0.05, 0) is 42.0 Å². The van der Waals surface area contributed by atoms with Gasteiger partial charge >= 0.3 is 0 Å². The zero-order valence-corrected chi connectivity index (χ0v) is 9.88. The van der Waals surface area contributed by atoms with Crippen LogP contribution in [0.3, 0.4) is 0 Å². The molecule has 4 heteroatoms. The van der Waals surface area contributed by atoms with Crippen molar-refractivity contribution in [1.82, 2.24) is 10.2 Å². The maximum Gasteiger partial charge on any atom is 0.169 e. The molecule has 0 aromatic carbocycles. The van der Waals surface area contributed by atoms with Gasteiger partial charge in [-0.1, -0.05) is 0 Å². The van der Waals surface area contributed by atoms with Crippen molar-refractivity contribution in [2.24, 2.45) is 0 Å². The standard InChI is InChI=1S/C10H15BrN2O/c1-13(9-2-3-12-5-9)6-8-4-10(11)14-7-8/h4,7,9,12H,2-3,5-6H2,1H3. The lowest BCUT2D eigenvalue weighted by atomic mass is 10.2. The highest BCUT2D eigenvalue weighted by Gasteiger charge is 2.19. The van der Waals surface area contributed by atoms with Crippen molar-refractivity contribution in [3.63, 3.8) is 0 Å². The molecule has 1 atom stereocenters. The summed E-state index contributed by atoms with van der Waals surface area (Å²) in [7, 11) is 2.17. The van der Waals surface area contributed by atoms with E-state index < -0.39 is 0 Å². The third-order valence-electron chi connectivity index (χ3n) is 2.71. The molecule has 0 spiro atoms. The molecule has 1 N–H and O–H groups in total. The van der Waals surface area contributed by atoms with Crippen LogP contribution in [0.15, 0.2) is 21.4 Å². The number of likely N-dealkylation sites (N-methyl/N-ethyl adjacent to an activating group) is 1. The molecule has 0 amide bonds. The molecule has 1 aromatic rings. The van der Waals surface area contributed by atoms with E-state index in [4.69, 9.17) is 4.42 Å². The van der Waals surface area contributed by atoms with Gasteiger partial charge in [0.2, 0.25) is 0 Å². The van der Waals surface area contributed by atoms with Crippen LogP contribution >= 0.6 is 15.9 Å². The van der Waals surface area contributed by atoms with Crippen LogP contribution in [0.25, 0.3) is 0 Å². The van der Waals surface area contributed by atoms with Gasteiger partial charge in [-0.2, -0.15) is 0 Å². The number of nitrogens with zero attached hydrogens (tertiary/aromatic N) is 1. The van der Waals surface area contributed by atoms with Gasteiger partial charge in [0.1, 0.15) is 0 Å². The van der Waals surface area contributed by atoms with E-state index >= 15 is 0 Å². The predicted octanol–water partition coefficient (Wildman–Crippen LogP) is 1.84. The highest BCUT2D eigenvalue weighted by Crippen LogP contribution is 2.17. The van der Waals surface area contributed by atoms with Crippen molar-refractivity contribution < 1.29 is 4.42 Å². The van der Waals surface area contributed by atoms with Crippen LogP contribution in [0, 0.1) is 0 Å². The van der Waals surface area contributed by atoms with Crippen LogP contribution in [-0.2, 0) is 6.54 Å². The van der Waals surface area contributed by atoms with Crippen molar-refractivity contribution in [3.05, 3.63) is 22.6 Å². The Kier molecular flexibility index (Phi) is 3.26. The first kappa shape index (κ1) is 10.2. The molecule has 78 valence electrons. The van der Waals surface area contributed by atoms with Gasteiger partial charge in [-0.15, -0.1) is 0 Å². The Morgan fingerprint density at radius 1 is 1.71 bits per heavy atom. The molecular formula is C10H15BrN2O. The minimum absolute atomic E-state index is 0.670. The Morgan fingerprint density at radius 3 is 3.14 bits per heavy atom. The van der Waals surface area contributed by atoms with Crippen LogP contribution in [0.5, 0.6) is 0 Å². The van der Waals surface area contributed by atoms with Crippen molar-refractivity contribution >= 4 is 15.9 Å². The molecule has 0 bridgehead atoms. The highest BCUT2D eigenvalue weighted by atomic mass is 79.9. The van der Waals surface area contributed by atoms with Gasteiger partial charge < -0.3 is 9.73 Å². The summed E-state index contributed by atoms with van der Waals surface area (Å²) in [6.45, 7) is 3.21. The van der Waals surface area contributed by atoms with E-state index in [1.54, 1.807) is 0 Å². The number of halogens is 1. The number of nitrogens with one attached hydrogen (secondary N) is 1. The third kappa shape index (κ3) is 2.38. The third-order valence-corrected chi connectivity index (χ3v) is 3.13. The summed E-state index contributed by atoms with van der Waals surface area (Å²) in [5.74, 6) is 0. The lowest BCUT2D eigenvalue weighted by molar-refractivity contribution is 0.248. The van der Waals surface area contributed by atoms with E-state index in [1.807, 2.05) is 12.3 Å². The molecule has 1 saturated heterocycles. The van der Waals surface area contributed by atoms with Crippen LogP contribution < -0.4 is 5.32 Å². The molecule has 1 aliphatic heterocycles. The fraction of sp³-hybridized carbons (Fsp3) is 0.600. The molecule has 0 radical (unpaired) electrons. The molecule has 0 saturated carbocycles. The molecule has 1 aromatic heterocycles. The number of hydrogen-bond acceptors (Lipinski definition) is 3. The van der Waals surface area contributed by atoms with Crippen LogP contribution in [-0.4, -0.2) is 31.1 Å². The largest absolute Gasteiger partial charge is 0.457 e. The average Bonchev–Trinajstić information content (AvgIpc) is 2.75. The lowest BCUT2D eigenvalue weighted by Gasteiger charge is -2.22. The summed E-state index contributed by atoms with van der Waals surface area (Å²) in [5, 5.41) is 3.37. The SMILES string of the molecule is CN(Cc1coc(Br)c1)C1CCNC1. The summed E-state index contributed by atoms with van der Waals surface area (Å²) in [4.78, 5) is 2.37. The van der Waals surface area contributed by atoms with Gasteiger partial charge in [0.05, 0.1) is 6.26 Å². The maximum atomic E-state index is 5.20. The van der Waals surface area contributed by atoms with Gasteiger partial charge in [0, 0.05) is 24.7 Å². The summed E-state index contributed by atoms with van der Waals surface area (Å²) in [5.41, 5.74) is 1.23. The van der Waals surface area contributed by atoms with Gasteiger partial charge in [-0.3, -0.25) is 4.90 Å². The average molecular weight is 259 g/mol. The van der Waals surface area contributed by atoms with E-state index in [1.165, 1.54) is 12.0 Å². The Labute approximate surface area is 92.6 Å². The number of furan rings is 1. The summed E-state index contributed by atoms with van der Waals surface area (Å²) < 4.78 is 6.01. The van der Waals surface area contributed by atoms with E-state index in [0.29, 0.717) is 6.04 Å². The second-order valence-corrected chi connectivity index (χ2v) is 4.60. The second kappa shape index (κ2) is 4.47. The quantitative estimate of drug-likeness (QED) is 0.897. The minimum Gasteiger partial charge on any atom is -0.457 e. The van der Waals surface area contributed by atoms with E-state index in [0.717, 1.165) is 24.3 Å². The fourth-order valence-corrected chi connectivity index (χ4v) is 2.25.